The molecule has 0 bridgehead atoms. The van der Waals surface area contributed by atoms with Gasteiger partial charge in [-0.25, -0.2) is 0 Å². The summed E-state index contributed by atoms with van der Waals surface area (Å²) in [5.41, 5.74) is 3.96. The van der Waals surface area contributed by atoms with Crippen molar-refractivity contribution in [3.05, 3.63) is 78.4 Å². The van der Waals surface area contributed by atoms with Gasteiger partial charge in [0.05, 0.1) is 5.69 Å². The first-order valence-electron chi connectivity index (χ1n) is 8.70. The highest BCUT2D eigenvalue weighted by Gasteiger charge is 2.09. The van der Waals surface area contributed by atoms with E-state index in [4.69, 9.17) is 0 Å². The fourth-order valence-corrected chi connectivity index (χ4v) is 2.81. The summed E-state index contributed by atoms with van der Waals surface area (Å²) in [7, 11) is 0. The fourth-order valence-electron chi connectivity index (χ4n) is 2.81. The van der Waals surface area contributed by atoms with Crippen LogP contribution < -0.4 is 10.6 Å². The highest BCUT2D eigenvalue weighted by Crippen LogP contribution is 2.19. The van der Waals surface area contributed by atoms with Crippen LogP contribution in [-0.4, -0.2) is 26.8 Å². The minimum Gasteiger partial charge on any atom is -0.326 e. The van der Waals surface area contributed by atoms with E-state index in [1.54, 1.807) is 42.5 Å². The number of nitrogens with one attached hydrogen (secondary N) is 2. The minimum absolute atomic E-state index is 0.144. The van der Waals surface area contributed by atoms with Crippen molar-refractivity contribution < 1.29 is 9.59 Å². The number of hydrogen-bond acceptors (Lipinski definition) is 4. The van der Waals surface area contributed by atoms with Crippen LogP contribution in [0.1, 0.15) is 17.3 Å². The molecule has 3 aromatic carbocycles. The summed E-state index contributed by atoms with van der Waals surface area (Å²) in [6, 6.07) is 21.6. The van der Waals surface area contributed by atoms with Crippen LogP contribution in [-0.2, 0) is 4.79 Å². The Bertz CT molecular complexity index is 1170. The van der Waals surface area contributed by atoms with Crippen LogP contribution in [0.5, 0.6) is 0 Å². The summed E-state index contributed by atoms with van der Waals surface area (Å²) in [5, 5.41) is 14.6. The van der Waals surface area contributed by atoms with Crippen molar-refractivity contribution in [1.82, 2.24) is 15.0 Å². The molecule has 7 nitrogen and oxygen atoms in total. The summed E-state index contributed by atoms with van der Waals surface area (Å²) in [6.45, 7) is 1.46. The Kier molecular flexibility index (Phi) is 4.55. The second-order valence-corrected chi connectivity index (χ2v) is 6.24. The van der Waals surface area contributed by atoms with E-state index in [-0.39, 0.29) is 11.8 Å². The summed E-state index contributed by atoms with van der Waals surface area (Å²) in [4.78, 5) is 25.1. The zero-order valence-electron chi connectivity index (χ0n) is 15.1. The molecule has 2 N–H and O–H groups in total. The molecular formula is C21H17N5O2. The average Bonchev–Trinajstić information content (AvgIpc) is 3.12. The zero-order chi connectivity index (χ0) is 19.5. The average molecular weight is 371 g/mol. The lowest BCUT2D eigenvalue weighted by Crippen LogP contribution is -2.11. The third-order valence-corrected chi connectivity index (χ3v) is 4.07. The number of aromatic nitrogens is 3. The second-order valence-electron chi connectivity index (χ2n) is 6.24. The fraction of sp³-hybridized carbons (Fsp3) is 0.0476. The van der Waals surface area contributed by atoms with Crippen molar-refractivity contribution in [2.75, 3.05) is 10.6 Å². The second kappa shape index (κ2) is 7.32. The first-order chi connectivity index (χ1) is 13.6. The number of rotatable bonds is 4. The van der Waals surface area contributed by atoms with Gasteiger partial charge in [0.15, 0.2) is 0 Å². The molecule has 1 heterocycles. The van der Waals surface area contributed by atoms with Crippen molar-refractivity contribution in [2.24, 2.45) is 0 Å². The molecule has 138 valence electrons. The Morgan fingerprint density at radius 2 is 1.54 bits per heavy atom. The highest BCUT2D eigenvalue weighted by molar-refractivity contribution is 6.04. The van der Waals surface area contributed by atoms with Crippen molar-refractivity contribution in [1.29, 1.82) is 0 Å². The van der Waals surface area contributed by atoms with Crippen LogP contribution in [0.3, 0.4) is 0 Å². The smallest absolute Gasteiger partial charge is 0.255 e. The summed E-state index contributed by atoms with van der Waals surface area (Å²) >= 11 is 0. The van der Waals surface area contributed by atoms with Gasteiger partial charge in [0.25, 0.3) is 5.91 Å². The standard InChI is InChI=1S/C21H17N5O2/c1-14(27)22-16-8-5-9-18(12-16)26-24-19-11-10-17(13-20(19)25-26)23-21(28)15-6-3-2-4-7-15/h2-13H,1H3,(H,22,27)(H,23,28). The molecule has 28 heavy (non-hydrogen) atoms. The third-order valence-electron chi connectivity index (χ3n) is 4.07. The first kappa shape index (κ1) is 17.4. The van der Waals surface area contributed by atoms with E-state index >= 15 is 0 Å². The van der Waals surface area contributed by atoms with E-state index in [1.807, 2.05) is 30.3 Å². The molecule has 0 fully saturated rings. The van der Waals surface area contributed by atoms with Crippen molar-refractivity contribution in [2.45, 2.75) is 6.92 Å². The van der Waals surface area contributed by atoms with Gasteiger partial charge in [-0.15, -0.1) is 10.2 Å². The number of nitrogens with zero attached hydrogens (tertiary/aromatic N) is 3. The quantitative estimate of drug-likeness (QED) is 0.573. The molecule has 4 rings (SSSR count). The molecule has 0 unspecified atom stereocenters. The van der Waals surface area contributed by atoms with E-state index in [9.17, 15) is 9.59 Å². The lowest BCUT2D eigenvalue weighted by molar-refractivity contribution is -0.114. The molecule has 1 aromatic heterocycles. The van der Waals surface area contributed by atoms with Crippen molar-refractivity contribution in [3.63, 3.8) is 0 Å². The predicted molar refractivity (Wildman–Crippen MR) is 108 cm³/mol. The SMILES string of the molecule is CC(=O)Nc1cccc(-n2nc3ccc(NC(=O)c4ccccc4)cc3n2)c1. The predicted octanol–water partition coefficient (Wildman–Crippen LogP) is 3.63. The minimum atomic E-state index is -0.185. The summed E-state index contributed by atoms with van der Waals surface area (Å²) in [5.74, 6) is -0.329. The number of carbonyl (C=O) groups excluding carboxylic acids is 2. The largest absolute Gasteiger partial charge is 0.326 e. The number of amides is 2. The summed E-state index contributed by atoms with van der Waals surface area (Å²) in [6.07, 6.45) is 0. The zero-order valence-corrected chi connectivity index (χ0v) is 15.1. The summed E-state index contributed by atoms with van der Waals surface area (Å²) < 4.78 is 0. The maximum absolute atomic E-state index is 12.3. The van der Waals surface area contributed by atoms with Gasteiger partial charge < -0.3 is 10.6 Å². The Balaban J connectivity index is 1.60. The van der Waals surface area contributed by atoms with Gasteiger partial charge in [-0.2, -0.15) is 4.80 Å². The maximum Gasteiger partial charge on any atom is 0.255 e. The normalized spacial score (nSPS) is 10.6. The lowest BCUT2D eigenvalue weighted by atomic mass is 10.2. The molecule has 0 aliphatic heterocycles. The van der Waals surface area contributed by atoms with Gasteiger partial charge in [0.2, 0.25) is 5.91 Å². The number of anilines is 2. The Hall–Kier alpha value is -4.00. The molecule has 7 heteroatoms. The van der Waals surface area contributed by atoms with Gasteiger partial charge in [-0.1, -0.05) is 24.3 Å². The molecule has 0 aliphatic carbocycles. The van der Waals surface area contributed by atoms with E-state index in [0.29, 0.717) is 28.0 Å². The van der Waals surface area contributed by atoms with Gasteiger partial charge in [-0.3, -0.25) is 9.59 Å². The van der Waals surface area contributed by atoms with Gasteiger partial charge >= 0.3 is 0 Å². The molecule has 0 atom stereocenters. The number of hydrogen-bond donors (Lipinski definition) is 2. The van der Waals surface area contributed by atoms with E-state index in [1.165, 1.54) is 11.7 Å². The van der Waals surface area contributed by atoms with E-state index in [0.717, 1.165) is 5.69 Å². The third kappa shape index (κ3) is 3.73. The highest BCUT2D eigenvalue weighted by atomic mass is 16.2. The van der Waals surface area contributed by atoms with Crippen LogP contribution in [0, 0.1) is 0 Å². The van der Waals surface area contributed by atoms with Crippen LogP contribution in [0.2, 0.25) is 0 Å². The van der Waals surface area contributed by atoms with Gasteiger partial charge in [0, 0.05) is 23.9 Å². The van der Waals surface area contributed by atoms with Crippen LogP contribution >= 0.6 is 0 Å². The van der Waals surface area contributed by atoms with E-state index in [2.05, 4.69) is 20.8 Å². The van der Waals surface area contributed by atoms with Crippen molar-refractivity contribution >= 4 is 34.2 Å². The topological polar surface area (TPSA) is 88.9 Å². The molecule has 0 saturated carbocycles. The molecule has 0 spiro atoms. The molecule has 0 saturated heterocycles. The molecule has 2 amide bonds. The molecule has 4 aromatic rings. The van der Waals surface area contributed by atoms with Crippen LogP contribution in [0.15, 0.2) is 72.8 Å². The number of fused-ring (bicyclic) bond motifs is 1. The molecule has 0 aliphatic rings. The monoisotopic (exact) mass is 371 g/mol. The van der Waals surface area contributed by atoms with Gasteiger partial charge in [-0.05, 0) is 48.5 Å². The molecule has 0 radical (unpaired) electrons. The van der Waals surface area contributed by atoms with Crippen molar-refractivity contribution in [3.8, 4) is 5.69 Å². The Morgan fingerprint density at radius 3 is 2.32 bits per heavy atom. The van der Waals surface area contributed by atoms with Gasteiger partial charge in [0.1, 0.15) is 11.0 Å². The first-order valence-corrected chi connectivity index (χ1v) is 8.70. The Labute approximate surface area is 161 Å². The lowest BCUT2D eigenvalue weighted by Gasteiger charge is -2.04. The van der Waals surface area contributed by atoms with Crippen LogP contribution in [0.4, 0.5) is 11.4 Å². The number of benzene rings is 3. The van der Waals surface area contributed by atoms with Crippen LogP contribution in [0.25, 0.3) is 16.7 Å². The Morgan fingerprint density at radius 1 is 0.786 bits per heavy atom. The maximum atomic E-state index is 12.3. The molecular weight excluding hydrogens is 354 g/mol. The number of carbonyl (C=O) groups is 2. The van der Waals surface area contributed by atoms with E-state index < -0.39 is 0 Å².